The Morgan fingerprint density at radius 2 is 1.02 bits per heavy atom. The molecule has 0 bridgehead atoms. The van der Waals surface area contributed by atoms with Crippen molar-refractivity contribution in [2.24, 2.45) is 0 Å². The van der Waals surface area contributed by atoms with Crippen molar-refractivity contribution in [2.45, 2.75) is 103 Å². The SMILES string of the molecule is CC(C)(C)[Si](C)(C)OCCCc1cc([N+](=O)[O-])ccc1OC(=O)Oc1ccc([N+](=O)[O-])cc1CCCO[Si](C)(C)C(C)(C)C. The Balaban J connectivity index is 2.17. The summed E-state index contributed by atoms with van der Waals surface area (Å²) in [5.41, 5.74) is 0.704. The van der Waals surface area contributed by atoms with Crippen molar-refractivity contribution in [1.29, 1.82) is 0 Å². The molecular weight excluding hydrogens is 601 g/mol. The van der Waals surface area contributed by atoms with Gasteiger partial charge in [-0.2, -0.15) is 0 Å². The summed E-state index contributed by atoms with van der Waals surface area (Å²) in [6.45, 7) is 22.4. The topological polar surface area (TPSA) is 140 Å². The van der Waals surface area contributed by atoms with E-state index in [-0.39, 0.29) is 33.0 Å². The number of ether oxygens (including phenoxy) is 2. The lowest BCUT2D eigenvalue weighted by atomic mass is 10.1. The van der Waals surface area contributed by atoms with E-state index in [1.165, 1.54) is 36.4 Å². The third-order valence-corrected chi connectivity index (χ3v) is 17.7. The van der Waals surface area contributed by atoms with Crippen LogP contribution >= 0.6 is 0 Å². The maximum Gasteiger partial charge on any atom is 0.519 e. The normalized spacial score (nSPS) is 12.6. The van der Waals surface area contributed by atoms with Crippen LogP contribution in [0.2, 0.25) is 36.3 Å². The Morgan fingerprint density at radius 3 is 1.32 bits per heavy atom. The molecule has 2 aromatic carbocycles. The zero-order valence-corrected chi connectivity index (χ0v) is 29.8. The first kappa shape index (κ1) is 37.1. The fourth-order valence-corrected chi connectivity index (χ4v) is 5.94. The minimum atomic E-state index is -1.96. The number of hydrogen-bond acceptors (Lipinski definition) is 9. The predicted octanol–water partition coefficient (Wildman–Crippen LogP) is 8.99. The number of non-ortho nitro benzene ring substituents is 2. The van der Waals surface area contributed by atoms with Crippen molar-refractivity contribution in [1.82, 2.24) is 0 Å². The van der Waals surface area contributed by atoms with E-state index in [1.54, 1.807) is 0 Å². The summed E-state index contributed by atoms with van der Waals surface area (Å²) in [6, 6.07) is 8.04. The highest BCUT2D eigenvalue weighted by atomic mass is 28.4. The second-order valence-electron chi connectivity index (χ2n) is 14.0. The van der Waals surface area contributed by atoms with Gasteiger partial charge in [0.25, 0.3) is 11.4 Å². The van der Waals surface area contributed by atoms with E-state index in [9.17, 15) is 25.0 Å². The van der Waals surface area contributed by atoms with Crippen molar-refractivity contribution in [3.05, 3.63) is 67.8 Å². The molecule has 0 unspecified atom stereocenters. The number of benzene rings is 2. The molecule has 0 aliphatic carbocycles. The van der Waals surface area contributed by atoms with Gasteiger partial charge in [-0.05, 0) is 74.1 Å². The van der Waals surface area contributed by atoms with Crippen LogP contribution in [-0.4, -0.2) is 45.9 Å². The highest BCUT2D eigenvalue weighted by molar-refractivity contribution is 6.74. The standard InChI is InChI=1S/C31H48N2O9Si2/c1-30(2,3)43(7,8)39-19-11-13-23-21-25(32(35)36)15-17-27(23)41-29(34)42-28-18-16-26(33(37)38)22-24(28)14-12-20-40-44(9,10)31(4,5)6/h15-18,21-22H,11-14,19-20H2,1-10H3. The first-order chi connectivity index (χ1) is 20.1. The molecule has 0 radical (unpaired) electrons. The van der Waals surface area contributed by atoms with Gasteiger partial charge in [-0.3, -0.25) is 20.2 Å². The zero-order chi connectivity index (χ0) is 33.5. The van der Waals surface area contributed by atoms with E-state index in [0.717, 1.165) is 0 Å². The van der Waals surface area contributed by atoms with Gasteiger partial charge < -0.3 is 18.3 Å². The van der Waals surface area contributed by atoms with Gasteiger partial charge in [0, 0.05) is 48.6 Å². The van der Waals surface area contributed by atoms with Crippen LogP contribution in [0.25, 0.3) is 0 Å². The molecule has 0 atom stereocenters. The number of nitro benzene ring substituents is 2. The largest absolute Gasteiger partial charge is 0.519 e. The van der Waals surface area contributed by atoms with Gasteiger partial charge in [-0.25, -0.2) is 4.79 Å². The van der Waals surface area contributed by atoms with Gasteiger partial charge in [0.05, 0.1) is 9.85 Å². The predicted molar refractivity (Wildman–Crippen MR) is 176 cm³/mol. The van der Waals surface area contributed by atoms with Crippen molar-refractivity contribution >= 4 is 34.2 Å². The summed E-state index contributed by atoms with van der Waals surface area (Å²) in [4.78, 5) is 34.8. The smallest absolute Gasteiger partial charge is 0.417 e. The minimum Gasteiger partial charge on any atom is -0.417 e. The molecule has 0 saturated heterocycles. The second kappa shape index (κ2) is 14.8. The highest BCUT2D eigenvalue weighted by Crippen LogP contribution is 2.38. The lowest BCUT2D eigenvalue weighted by Gasteiger charge is -2.36. The van der Waals surface area contributed by atoms with Gasteiger partial charge in [0.2, 0.25) is 0 Å². The van der Waals surface area contributed by atoms with Gasteiger partial charge in [0.15, 0.2) is 16.6 Å². The quantitative estimate of drug-likeness (QED) is 0.0490. The van der Waals surface area contributed by atoms with E-state index in [0.29, 0.717) is 50.0 Å². The lowest BCUT2D eigenvalue weighted by Crippen LogP contribution is -2.41. The Kier molecular flexibility index (Phi) is 12.4. The molecule has 244 valence electrons. The molecule has 11 nitrogen and oxygen atoms in total. The van der Waals surface area contributed by atoms with E-state index in [2.05, 4.69) is 67.7 Å². The third kappa shape index (κ3) is 10.5. The van der Waals surface area contributed by atoms with Crippen molar-refractivity contribution in [3.63, 3.8) is 0 Å². The van der Waals surface area contributed by atoms with Crippen LogP contribution in [0.3, 0.4) is 0 Å². The number of nitrogens with zero attached hydrogens (tertiary/aromatic N) is 2. The Bertz CT molecular complexity index is 1230. The molecule has 13 heteroatoms. The van der Waals surface area contributed by atoms with E-state index < -0.39 is 32.6 Å². The monoisotopic (exact) mass is 648 g/mol. The number of hydrogen-bond donors (Lipinski definition) is 0. The molecule has 0 N–H and O–H groups in total. The van der Waals surface area contributed by atoms with Crippen molar-refractivity contribution in [3.8, 4) is 11.5 Å². The molecule has 0 amide bonds. The van der Waals surface area contributed by atoms with Crippen LogP contribution in [0.15, 0.2) is 36.4 Å². The number of aryl methyl sites for hydroxylation is 2. The lowest BCUT2D eigenvalue weighted by molar-refractivity contribution is -0.385. The summed E-state index contributed by atoms with van der Waals surface area (Å²) >= 11 is 0. The molecule has 0 fully saturated rings. The van der Waals surface area contributed by atoms with E-state index in [1.807, 2.05) is 0 Å². The van der Waals surface area contributed by atoms with Gasteiger partial charge in [-0.1, -0.05) is 41.5 Å². The van der Waals surface area contributed by atoms with Crippen LogP contribution in [0, 0.1) is 20.2 Å². The van der Waals surface area contributed by atoms with Gasteiger partial charge in [-0.15, -0.1) is 0 Å². The van der Waals surface area contributed by atoms with Crippen LogP contribution in [0.4, 0.5) is 16.2 Å². The number of carbonyl (C=O) groups is 1. The minimum absolute atomic E-state index is 0.0467. The van der Waals surface area contributed by atoms with Gasteiger partial charge >= 0.3 is 6.16 Å². The number of rotatable bonds is 14. The summed E-state index contributed by atoms with van der Waals surface area (Å²) in [7, 11) is -3.93. The highest BCUT2D eigenvalue weighted by Gasteiger charge is 2.37. The van der Waals surface area contributed by atoms with Crippen molar-refractivity contribution in [2.75, 3.05) is 13.2 Å². The first-order valence-corrected chi connectivity index (χ1v) is 20.7. The summed E-state index contributed by atoms with van der Waals surface area (Å²) < 4.78 is 23.5. The number of nitro groups is 2. The molecule has 44 heavy (non-hydrogen) atoms. The summed E-state index contributed by atoms with van der Waals surface area (Å²) in [5.74, 6) is 0.276. The average Bonchev–Trinajstić information content (AvgIpc) is 2.89. The van der Waals surface area contributed by atoms with Crippen LogP contribution in [-0.2, 0) is 21.7 Å². The molecule has 0 spiro atoms. The molecule has 2 rings (SSSR count). The fourth-order valence-electron chi connectivity index (χ4n) is 3.76. The Labute approximate surface area is 262 Å². The Hall–Kier alpha value is -3.14. The molecule has 0 aliphatic rings. The number of carbonyl (C=O) groups excluding carboxylic acids is 1. The second-order valence-corrected chi connectivity index (χ2v) is 23.6. The van der Waals surface area contributed by atoms with Crippen LogP contribution < -0.4 is 9.47 Å². The van der Waals surface area contributed by atoms with E-state index >= 15 is 0 Å². The van der Waals surface area contributed by atoms with Crippen LogP contribution in [0.5, 0.6) is 11.5 Å². The molecule has 0 saturated carbocycles. The molecule has 2 aromatic rings. The summed E-state index contributed by atoms with van der Waals surface area (Å²) in [6.07, 6.45) is 0.863. The van der Waals surface area contributed by atoms with Crippen LogP contribution in [0.1, 0.15) is 65.5 Å². The van der Waals surface area contributed by atoms with Gasteiger partial charge in [0.1, 0.15) is 11.5 Å². The molecular formula is C31H48N2O9Si2. The summed E-state index contributed by atoms with van der Waals surface area (Å²) in [5, 5.41) is 22.9. The molecule has 0 heterocycles. The van der Waals surface area contributed by atoms with Crippen molar-refractivity contribution < 1.29 is 33.0 Å². The average molecular weight is 649 g/mol. The Morgan fingerprint density at radius 1 is 0.682 bits per heavy atom. The first-order valence-electron chi connectivity index (χ1n) is 14.9. The maximum atomic E-state index is 12.9. The molecule has 0 aromatic heterocycles. The fraction of sp³-hybridized carbons (Fsp3) is 0.581. The zero-order valence-electron chi connectivity index (χ0n) is 27.8. The van der Waals surface area contributed by atoms with E-state index in [4.69, 9.17) is 18.3 Å². The third-order valence-electron chi connectivity index (χ3n) is 8.62. The molecule has 0 aliphatic heterocycles. The maximum absolute atomic E-state index is 12.9.